The zero-order valence-corrected chi connectivity index (χ0v) is 12.1. The predicted octanol–water partition coefficient (Wildman–Crippen LogP) is 3.04. The molecular formula is C18H19NO2. The fourth-order valence-corrected chi connectivity index (χ4v) is 2.64. The maximum Gasteiger partial charge on any atom is 0.251 e. The predicted molar refractivity (Wildman–Crippen MR) is 82.4 cm³/mol. The minimum atomic E-state index is -0.0540. The lowest BCUT2D eigenvalue weighted by Crippen LogP contribution is -2.31. The van der Waals surface area contributed by atoms with Gasteiger partial charge in [0.15, 0.2) is 0 Å². The number of amides is 1. The summed E-state index contributed by atoms with van der Waals surface area (Å²) in [6.07, 6.45) is 0.892. The van der Waals surface area contributed by atoms with E-state index in [0.29, 0.717) is 18.7 Å². The number of benzene rings is 2. The van der Waals surface area contributed by atoms with E-state index in [-0.39, 0.29) is 12.0 Å². The van der Waals surface area contributed by atoms with Crippen LogP contribution in [0.15, 0.2) is 48.5 Å². The number of ether oxygens (including phenoxy) is 1. The normalized spacial score (nSPS) is 17.1. The summed E-state index contributed by atoms with van der Waals surface area (Å²) < 4.78 is 5.80. The van der Waals surface area contributed by atoms with Gasteiger partial charge >= 0.3 is 0 Å². The molecule has 2 aromatic rings. The van der Waals surface area contributed by atoms with Gasteiger partial charge in [-0.05, 0) is 36.6 Å². The number of rotatable bonds is 3. The monoisotopic (exact) mass is 281 g/mol. The molecule has 1 heterocycles. The first-order chi connectivity index (χ1) is 10.2. The standard InChI is InChI=1S/C18H19NO2/c1-13-6-8-15(9-7-13)18(20)19-12-17-16-5-3-2-4-14(16)10-11-21-17/h2-9,17H,10-12H2,1H3,(H,19,20)/t17-/m1/s1. The van der Waals surface area contributed by atoms with Crippen LogP contribution in [0.2, 0.25) is 0 Å². The van der Waals surface area contributed by atoms with E-state index in [1.165, 1.54) is 11.1 Å². The van der Waals surface area contributed by atoms with E-state index in [2.05, 4.69) is 17.4 Å². The van der Waals surface area contributed by atoms with Crippen molar-refractivity contribution in [3.05, 3.63) is 70.8 Å². The van der Waals surface area contributed by atoms with E-state index in [9.17, 15) is 4.79 Å². The molecule has 3 nitrogen and oxygen atoms in total. The molecule has 0 aliphatic carbocycles. The van der Waals surface area contributed by atoms with Crippen LogP contribution < -0.4 is 5.32 Å². The first kappa shape index (κ1) is 13.8. The highest BCUT2D eigenvalue weighted by Crippen LogP contribution is 2.26. The number of aryl methyl sites for hydroxylation is 1. The molecule has 3 rings (SSSR count). The van der Waals surface area contributed by atoms with E-state index in [4.69, 9.17) is 4.74 Å². The van der Waals surface area contributed by atoms with Crippen LogP contribution in [0.4, 0.5) is 0 Å². The molecule has 0 spiro atoms. The molecule has 1 aliphatic rings. The Labute approximate surface area is 124 Å². The molecule has 0 unspecified atom stereocenters. The molecule has 0 bridgehead atoms. The fourth-order valence-electron chi connectivity index (χ4n) is 2.64. The van der Waals surface area contributed by atoms with E-state index in [0.717, 1.165) is 12.0 Å². The van der Waals surface area contributed by atoms with Crippen molar-refractivity contribution in [3.63, 3.8) is 0 Å². The maximum atomic E-state index is 12.1. The summed E-state index contributed by atoms with van der Waals surface area (Å²) in [5, 5.41) is 2.97. The Bertz CT molecular complexity index is 634. The quantitative estimate of drug-likeness (QED) is 0.939. The Kier molecular flexibility index (Phi) is 4.02. The topological polar surface area (TPSA) is 38.3 Å². The minimum Gasteiger partial charge on any atom is -0.371 e. The zero-order valence-electron chi connectivity index (χ0n) is 12.1. The Morgan fingerprint density at radius 3 is 2.76 bits per heavy atom. The third kappa shape index (κ3) is 3.14. The summed E-state index contributed by atoms with van der Waals surface area (Å²) in [6.45, 7) is 3.22. The number of fused-ring (bicyclic) bond motifs is 1. The highest BCUT2D eigenvalue weighted by Gasteiger charge is 2.20. The van der Waals surface area contributed by atoms with Gasteiger partial charge in [0.05, 0.1) is 6.61 Å². The van der Waals surface area contributed by atoms with Crippen LogP contribution in [-0.4, -0.2) is 19.1 Å². The highest BCUT2D eigenvalue weighted by atomic mass is 16.5. The third-order valence-corrected chi connectivity index (χ3v) is 3.85. The summed E-state index contributed by atoms with van der Waals surface area (Å²) in [6, 6.07) is 15.9. The molecule has 0 fully saturated rings. The second-order valence-electron chi connectivity index (χ2n) is 5.38. The summed E-state index contributed by atoms with van der Waals surface area (Å²) >= 11 is 0. The largest absolute Gasteiger partial charge is 0.371 e. The zero-order chi connectivity index (χ0) is 14.7. The van der Waals surface area contributed by atoms with Gasteiger partial charge in [0.25, 0.3) is 5.91 Å². The molecule has 1 atom stereocenters. The SMILES string of the molecule is Cc1ccc(C(=O)NC[C@H]2OCCc3ccccc32)cc1. The molecule has 1 amide bonds. The Balaban J connectivity index is 1.66. The second-order valence-corrected chi connectivity index (χ2v) is 5.38. The number of carbonyl (C=O) groups is 1. The van der Waals surface area contributed by atoms with Crippen LogP contribution >= 0.6 is 0 Å². The van der Waals surface area contributed by atoms with Crippen molar-refractivity contribution in [1.29, 1.82) is 0 Å². The number of carbonyl (C=O) groups excluding carboxylic acids is 1. The van der Waals surface area contributed by atoms with Gasteiger partial charge in [-0.3, -0.25) is 4.79 Å². The van der Waals surface area contributed by atoms with Crippen molar-refractivity contribution in [3.8, 4) is 0 Å². The van der Waals surface area contributed by atoms with Crippen molar-refractivity contribution in [2.45, 2.75) is 19.4 Å². The summed E-state index contributed by atoms with van der Waals surface area (Å²) in [7, 11) is 0. The number of nitrogens with one attached hydrogen (secondary N) is 1. The third-order valence-electron chi connectivity index (χ3n) is 3.85. The highest BCUT2D eigenvalue weighted by molar-refractivity contribution is 5.94. The van der Waals surface area contributed by atoms with Crippen LogP contribution in [0.3, 0.4) is 0 Å². The lowest BCUT2D eigenvalue weighted by molar-refractivity contribution is 0.0411. The van der Waals surface area contributed by atoms with E-state index in [1.54, 1.807) is 0 Å². The van der Waals surface area contributed by atoms with Crippen LogP contribution in [0.1, 0.15) is 33.2 Å². The Hall–Kier alpha value is -2.13. The average molecular weight is 281 g/mol. The van der Waals surface area contributed by atoms with E-state index in [1.807, 2.05) is 43.3 Å². The molecule has 21 heavy (non-hydrogen) atoms. The van der Waals surface area contributed by atoms with Crippen molar-refractivity contribution < 1.29 is 9.53 Å². The van der Waals surface area contributed by atoms with Crippen LogP contribution in [-0.2, 0) is 11.2 Å². The van der Waals surface area contributed by atoms with Crippen molar-refractivity contribution in [2.24, 2.45) is 0 Å². The first-order valence-electron chi connectivity index (χ1n) is 7.28. The number of hydrogen-bond donors (Lipinski definition) is 1. The molecule has 1 N–H and O–H groups in total. The summed E-state index contributed by atoms with van der Waals surface area (Å²) in [5.41, 5.74) is 4.34. The maximum absolute atomic E-state index is 12.1. The minimum absolute atomic E-state index is 0.0515. The van der Waals surface area contributed by atoms with Gasteiger partial charge in [-0.1, -0.05) is 42.0 Å². The van der Waals surface area contributed by atoms with Crippen LogP contribution in [0.5, 0.6) is 0 Å². The van der Waals surface area contributed by atoms with Crippen molar-refractivity contribution >= 4 is 5.91 Å². The molecule has 3 heteroatoms. The van der Waals surface area contributed by atoms with Crippen molar-refractivity contribution in [1.82, 2.24) is 5.32 Å². The van der Waals surface area contributed by atoms with E-state index < -0.39 is 0 Å². The van der Waals surface area contributed by atoms with Gasteiger partial charge in [-0.25, -0.2) is 0 Å². The van der Waals surface area contributed by atoms with Gasteiger partial charge in [0.1, 0.15) is 6.10 Å². The van der Waals surface area contributed by atoms with Crippen LogP contribution in [0.25, 0.3) is 0 Å². The Morgan fingerprint density at radius 1 is 1.19 bits per heavy atom. The lowest BCUT2D eigenvalue weighted by atomic mass is 9.97. The molecule has 0 saturated heterocycles. The molecule has 0 saturated carbocycles. The van der Waals surface area contributed by atoms with Crippen molar-refractivity contribution in [2.75, 3.05) is 13.2 Å². The van der Waals surface area contributed by atoms with Crippen LogP contribution in [0, 0.1) is 6.92 Å². The van der Waals surface area contributed by atoms with Gasteiger partial charge in [-0.15, -0.1) is 0 Å². The molecule has 108 valence electrons. The molecule has 0 aromatic heterocycles. The van der Waals surface area contributed by atoms with Gasteiger partial charge in [-0.2, -0.15) is 0 Å². The summed E-state index contributed by atoms with van der Waals surface area (Å²) in [5.74, 6) is -0.0540. The molecule has 1 aliphatic heterocycles. The first-order valence-corrected chi connectivity index (χ1v) is 7.28. The van der Waals surface area contributed by atoms with Gasteiger partial charge in [0, 0.05) is 12.1 Å². The molecular weight excluding hydrogens is 262 g/mol. The molecule has 2 aromatic carbocycles. The Morgan fingerprint density at radius 2 is 1.95 bits per heavy atom. The van der Waals surface area contributed by atoms with E-state index >= 15 is 0 Å². The van der Waals surface area contributed by atoms with Gasteiger partial charge < -0.3 is 10.1 Å². The smallest absolute Gasteiger partial charge is 0.251 e. The lowest BCUT2D eigenvalue weighted by Gasteiger charge is -2.26. The molecule has 0 radical (unpaired) electrons. The second kappa shape index (κ2) is 6.10. The average Bonchev–Trinajstić information content (AvgIpc) is 2.53. The summed E-state index contributed by atoms with van der Waals surface area (Å²) in [4.78, 5) is 12.1. The fraction of sp³-hybridized carbons (Fsp3) is 0.278. The number of hydrogen-bond acceptors (Lipinski definition) is 2. The van der Waals surface area contributed by atoms with Gasteiger partial charge in [0.2, 0.25) is 0 Å².